The zero-order valence-corrected chi connectivity index (χ0v) is 14.9. The molecule has 0 radical (unpaired) electrons. The Kier molecular flexibility index (Phi) is 5.01. The smallest absolute Gasteiger partial charge is 0.283 e. The molecule has 1 aliphatic heterocycles. The Balaban J connectivity index is 2.24. The van der Waals surface area contributed by atoms with Crippen molar-refractivity contribution in [1.29, 1.82) is 0 Å². The molecule has 24 heavy (non-hydrogen) atoms. The molecule has 1 aromatic rings. The van der Waals surface area contributed by atoms with Crippen molar-refractivity contribution < 1.29 is 22.8 Å². The lowest BCUT2D eigenvalue weighted by Crippen LogP contribution is -2.65. The van der Waals surface area contributed by atoms with E-state index in [-0.39, 0.29) is 18.1 Å². The summed E-state index contributed by atoms with van der Waals surface area (Å²) in [7, 11) is -3.89. The van der Waals surface area contributed by atoms with Crippen LogP contribution in [-0.2, 0) is 19.5 Å². The van der Waals surface area contributed by atoms with Gasteiger partial charge in [0.2, 0.25) is 10.0 Å². The van der Waals surface area contributed by atoms with E-state index in [0.29, 0.717) is 0 Å². The molecule has 1 fully saturated rings. The van der Waals surface area contributed by atoms with Crippen molar-refractivity contribution >= 4 is 10.0 Å². The number of nitrogens with one attached hydrogen (secondary N) is 1. The lowest BCUT2D eigenvalue weighted by Gasteiger charge is -2.40. The number of aryl methyl sites for hydroxylation is 1. The topological polar surface area (TPSA) is 108 Å². The minimum Gasteiger partial charge on any atom is -0.343 e. The fourth-order valence-electron chi connectivity index (χ4n) is 2.32. The summed E-state index contributed by atoms with van der Waals surface area (Å²) in [5.74, 6) is -0.935. The molecule has 134 valence electrons. The maximum atomic E-state index is 12.5. The number of hydrogen-bond acceptors (Lipinski definition) is 6. The molecule has 2 rings (SSSR count). The van der Waals surface area contributed by atoms with Crippen molar-refractivity contribution in [3.63, 3.8) is 0 Å². The zero-order valence-electron chi connectivity index (χ0n) is 14.1. The SMILES string of the molecule is Cc1ccc(S(=O)(=O)NC(C)C2([N+](=O)[O-])COC(C)(C)OC2)cc1. The summed E-state index contributed by atoms with van der Waals surface area (Å²) >= 11 is 0. The van der Waals surface area contributed by atoms with Gasteiger partial charge in [-0.05, 0) is 39.8 Å². The second-order valence-corrected chi connectivity index (χ2v) is 8.21. The average Bonchev–Trinajstić information content (AvgIpc) is 2.47. The molecular weight excluding hydrogens is 336 g/mol. The van der Waals surface area contributed by atoms with E-state index in [0.717, 1.165) is 5.56 Å². The number of hydrogen-bond donors (Lipinski definition) is 1. The Bertz CT molecular complexity index is 704. The summed E-state index contributed by atoms with van der Waals surface area (Å²) in [6, 6.07) is 5.23. The standard InChI is InChI=1S/C15H22N2O6S/c1-11-5-7-13(8-6-11)24(20,21)16-12(2)15(17(18)19)9-22-14(3,4)23-10-15/h5-8,12,16H,9-10H2,1-4H3. The number of ether oxygens (including phenoxy) is 2. The molecule has 1 atom stereocenters. The summed E-state index contributed by atoms with van der Waals surface area (Å²) in [5.41, 5.74) is -0.770. The monoisotopic (exact) mass is 358 g/mol. The van der Waals surface area contributed by atoms with Crippen LogP contribution in [0.25, 0.3) is 0 Å². The van der Waals surface area contributed by atoms with E-state index in [2.05, 4.69) is 4.72 Å². The van der Waals surface area contributed by atoms with Crippen molar-refractivity contribution in [1.82, 2.24) is 4.72 Å². The highest BCUT2D eigenvalue weighted by atomic mass is 32.2. The maximum absolute atomic E-state index is 12.5. The summed E-state index contributed by atoms with van der Waals surface area (Å²) in [5, 5.41) is 11.6. The van der Waals surface area contributed by atoms with E-state index >= 15 is 0 Å². The second-order valence-electron chi connectivity index (χ2n) is 6.49. The van der Waals surface area contributed by atoms with Gasteiger partial charge in [0.1, 0.15) is 13.2 Å². The molecule has 1 N–H and O–H groups in total. The first-order valence-corrected chi connectivity index (χ1v) is 8.98. The van der Waals surface area contributed by atoms with Gasteiger partial charge in [-0.1, -0.05) is 17.7 Å². The number of sulfonamides is 1. The van der Waals surface area contributed by atoms with Gasteiger partial charge >= 0.3 is 0 Å². The van der Waals surface area contributed by atoms with Gasteiger partial charge < -0.3 is 9.47 Å². The molecule has 8 nitrogen and oxygen atoms in total. The summed E-state index contributed by atoms with van der Waals surface area (Å²) < 4.78 is 38.1. The van der Waals surface area contributed by atoms with Gasteiger partial charge in [-0.15, -0.1) is 0 Å². The first kappa shape index (κ1) is 18.8. The van der Waals surface area contributed by atoms with Crippen LogP contribution in [0.3, 0.4) is 0 Å². The lowest BCUT2D eigenvalue weighted by atomic mass is 9.93. The minimum absolute atomic E-state index is 0.0522. The first-order valence-electron chi connectivity index (χ1n) is 7.50. The van der Waals surface area contributed by atoms with E-state index in [1.165, 1.54) is 19.1 Å². The van der Waals surface area contributed by atoms with E-state index in [1.54, 1.807) is 26.0 Å². The van der Waals surface area contributed by atoms with Crippen molar-refractivity contribution in [2.75, 3.05) is 13.2 Å². The third-order valence-electron chi connectivity index (χ3n) is 4.17. The van der Waals surface area contributed by atoms with E-state index in [1.807, 2.05) is 6.92 Å². The summed E-state index contributed by atoms with van der Waals surface area (Å²) in [4.78, 5) is 11.1. The van der Waals surface area contributed by atoms with Crippen molar-refractivity contribution in [3.8, 4) is 0 Å². The molecule has 1 saturated heterocycles. The molecular formula is C15H22N2O6S. The van der Waals surface area contributed by atoms with Crippen LogP contribution in [0.5, 0.6) is 0 Å². The third kappa shape index (κ3) is 3.75. The molecule has 9 heteroatoms. The number of nitrogens with zero attached hydrogens (tertiary/aromatic N) is 1. The second kappa shape index (κ2) is 6.40. The maximum Gasteiger partial charge on any atom is 0.283 e. The van der Waals surface area contributed by atoms with Gasteiger partial charge in [-0.3, -0.25) is 10.1 Å². The molecule has 0 saturated carbocycles. The van der Waals surface area contributed by atoms with Gasteiger partial charge in [0, 0.05) is 4.92 Å². The molecule has 0 aromatic heterocycles. The van der Waals surface area contributed by atoms with Gasteiger partial charge in [-0.2, -0.15) is 0 Å². The average molecular weight is 358 g/mol. The molecule has 0 aliphatic carbocycles. The minimum atomic E-state index is -3.89. The van der Waals surface area contributed by atoms with Gasteiger partial charge in [0.05, 0.1) is 10.9 Å². The van der Waals surface area contributed by atoms with E-state index < -0.39 is 32.3 Å². The number of benzene rings is 1. The molecule has 1 unspecified atom stereocenters. The van der Waals surface area contributed by atoms with Crippen LogP contribution in [0.15, 0.2) is 29.2 Å². The van der Waals surface area contributed by atoms with Crippen LogP contribution in [-0.4, -0.2) is 43.9 Å². The van der Waals surface area contributed by atoms with Crippen LogP contribution in [0, 0.1) is 17.0 Å². The highest BCUT2D eigenvalue weighted by Crippen LogP contribution is 2.29. The van der Waals surface area contributed by atoms with Gasteiger partial charge in [-0.25, -0.2) is 13.1 Å². The van der Waals surface area contributed by atoms with Crippen LogP contribution >= 0.6 is 0 Å². The van der Waals surface area contributed by atoms with Gasteiger partial charge in [0.15, 0.2) is 5.79 Å². The van der Waals surface area contributed by atoms with Crippen LogP contribution in [0.2, 0.25) is 0 Å². The van der Waals surface area contributed by atoms with Crippen molar-refractivity contribution in [2.24, 2.45) is 0 Å². The Morgan fingerprint density at radius 1 is 1.21 bits per heavy atom. The Morgan fingerprint density at radius 2 is 1.71 bits per heavy atom. The van der Waals surface area contributed by atoms with Crippen LogP contribution in [0.4, 0.5) is 0 Å². The van der Waals surface area contributed by atoms with Crippen molar-refractivity contribution in [2.45, 2.75) is 50.0 Å². The highest BCUT2D eigenvalue weighted by molar-refractivity contribution is 7.89. The predicted molar refractivity (Wildman–Crippen MR) is 86.7 cm³/mol. The highest BCUT2D eigenvalue weighted by Gasteiger charge is 2.55. The van der Waals surface area contributed by atoms with Crippen molar-refractivity contribution in [3.05, 3.63) is 39.9 Å². The molecule has 1 aromatic carbocycles. The molecule has 1 aliphatic rings. The normalized spacial score (nSPS) is 21.2. The molecule has 1 heterocycles. The molecule has 0 bridgehead atoms. The van der Waals surface area contributed by atoms with Crippen LogP contribution < -0.4 is 4.72 Å². The Morgan fingerprint density at radius 3 is 2.17 bits per heavy atom. The summed E-state index contributed by atoms with van der Waals surface area (Å²) in [6.45, 7) is 6.09. The number of rotatable bonds is 5. The van der Waals surface area contributed by atoms with Crippen LogP contribution in [0.1, 0.15) is 26.3 Å². The lowest BCUT2D eigenvalue weighted by molar-refractivity contribution is -0.599. The summed E-state index contributed by atoms with van der Waals surface area (Å²) in [6.07, 6.45) is 0. The Labute approximate surface area is 141 Å². The van der Waals surface area contributed by atoms with E-state index in [9.17, 15) is 18.5 Å². The Hall–Kier alpha value is -1.55. The number of nitro groups is 1. The largest absolute Gasteiger partial charge is 0.343 e. The third-order valence-corrected chi connectivity index (χ3v) is 5.73. The van der Waals surface area contributed by atoms with Gasteiger partial charge in [0.25, 0.3) is 5.54 Å². The first-order chi connectivity index (χ1) is 11.0. The quantitative estimate of drug-likeness (QED) is 0.631. The fraction of sp³-hybridized carbons (Fsp3) is 0.600. The molecule has 0 amide bonds. The molecule has 0 spiro atoms. The van der Waals surface area contributed by atoms with E-state index in [4.69, 9.17) is 9.47 Å². The zero-order chi connectivity index (χ0) is 18.2. The fourth-order valence-corrected chi connectivity index (χ4v) is 3.64. The predicted octanol–water partition coefficient (Wildman–Crippen LogP) is 1.46.